The van der Waals surface area contributed by atoms with E-state index in [-0.39, 0.29) is 30.9 Å². The van der Waals surface area contributed by atoms with Crippen molar-refractivity contribution in [1.29, 1.82) is 0 Å². The first-order valence-corrected chi connectivity index (χ1v) is 14.0. The van der Waals surface area contributed by atoms with E-state index in [1.54, 1.807) is 37.0 Å². The van der Waals surface area contributed by atoms with Crippen LogP contribution < -0.4 is 10.1 Å². The predicted molar refractivity (Wildman–Crippen MR) is 149 cm³/mol. The van der Waals surface area contributed by atoms with Crippen molar-refractivity contribution in [2.75, 3.05) is 25.5 Å². The second-order valence-corrected chi connectivity index (χ2v) is 11.6. The van der Waals surface area contributed by atoms with Gasteiger partial charge in [-0.05, 0) is 43.9 Å². The molecule has 0 unspecified atom stereocenters. The van der Waals surface area contributed by atoms with Gasteiger partial charge in [-0.1, -0.05) is 0 Å². The van der Waals surface area contributed by atoms with E-state index in [9.17, 15) is 9.59 Å². The van der Waals surface area contributed by atoms with Crippen LogP contribution in [-0.2, 0) is 9.53 Å². The molecule has 3 fully saturated rings. The molecule has 2 amide bonds. The number of rotatable bonds is 6. The third-order valence-electron chi connectivity index (χ3n) is 8.95. The highest BCUT2D eigenvalue weighted by Gasteiger charge is 2.46. The van der Waals surface area contributed by atoms with Gasteiger partial charge in [-0.3, -0.25) is 14.3 Å². The Hall–Kier alpha value is -3.99. The summed E-state index contributed by atoms with van der Waals surface area (Å²) in [5.74, 6) is 0.875. The lowest BCUT2D eigenvalue weighted by Crippen LogP contribution is -2.59. The summed E-state index contributed by atoms with van der Waals surface area (Å²) in [6.45, 7) is 3.40. The van der Waals surface area contributed by atoms with Crippen molar-refractivity contribution < 1.29 is 20.5 Å². The van der Waals surface area contributed by atoms with Crippen molar-refractivity contribution in [2.45, 2.75) is 63.7 Å². The fourth-order valence-corrected chi connectivity index (χ4v) is 6.40. The van der Waals surface area contributed by atoms with E-state index >= 15 is 0 Å². The van der Waals surface area contributed by atoms with Crippen molar-refractivity contribution >= 4 is 34.2 Å². The number of hydrogen-bond donors (Lipinski definition) is 1. The number of carbonyl (C=O) groups excluding carboxylic acids is 2. The first-order chi connectivity index (χ1) is 19.4. The summed E-state index contributed by atoms with van der Waals surface area (Å²) in [4.78, 5) is 31.5. The first-order valence-electron chi connectivity index (χ1n) is 14.0. The van der Waals surface area contributed by atoms with Crippen molar-refractivity contribution in [3.05, 3.63) is 48.4 Å². The monoisotopic (exact) mass is 545 g/mol. The van der Waals surface area contributed by atoms with Crippen LogP contribution in [0.3, 0.4) is 0 Å². The number of anilines is 1. The van der Waals surface area contributed by atoms with Gasteiger partial charge < -0.3 is 19.7 Å². The zero-order valence-corrected chi connectivity index (χ0v) is 22.7. The molecule has 1 spiro atoms. The van der Waals surface area contributed by atoms with Gasteiger partial charge in [0, 0.05) is 70.7 Å². The van der Waals surface area contributed by atoms with E-state index in [4.69, 9.17) is 14.6 Å². The Morgan fingerprint density at radius 1 is 1.15 bits per heavy atom. The number of carbonyl (C=O) groups is 2. The molecule has 1 saturated heterocycles. The maximum absolute atomic E-state index is 13.6. The van der Waals surface area contributed by atoms with Gasteiger partial charge in [0.05, 0.1) is 29.4 Å². The predicted octanol–water partition coefficient (Wildman–Crippen LogP) is 4.10. The van der Waals surface area contributed by atoms with Crippen LogP contribution >= 0.6 is 0 Å². The molecule has 2 aliphatic carbocycles. The topological polar surface area (TPSA) is 116 Å². The fraction of sp³-hybridized carbons (Fsp3) is 0.483. The van der Waals surface area contributed by atoms with Crippen molar-refractivity contribution in [3.8, 4) is 5.75 Å². The van der Waals surface area contributed by atoms with Crippen LogP contribution in [0.1, 0.15) is 63.3 Å². The average molecular weight is 546 g/mol. The first kappa shape index (κ1) is 25.0. The molecule has 40 heavy (non-hydrogen) atoms. The van der Waals surface area contributed by atoms with Crippen LogP contribution in [0.5, 0.6) is 5.75 Å². The number of nitrogens with zero attached hydrogens (tertiary/aromatic N) is 6. The summed E-state index contributed by atoms with van der Waals surface area (Å²) in [5, 5.41) is 13.1. The van der Waals surface area contributed by atoms with Crippen molar-refractivity contribution in [1.82, 2.24) is 29.3 Å². The lowest BCUT2D eigenvalue weighted by molar-refractivity contribution is -0.143. The fourth-order valence-electron chi connectivity index (χ4n) is 6.40. The molecule has 1 N–H and O–H groups in total. The molecule has 0 radical (unpaired) electrons. The summed E-state index contributed by atoms with van der Waals surface area (Å²) in [7, 11) is 1.71. The molecule has 11 heteroatoms. The minimum atomic E-state index is -0.292. The maximum Gasteiger partial charge on any atom is 0.260 e. The number of likely N-dealkylation sites (tertiary alicyclic amines) is 1. The molecule has 1 aromatic carbocycles. The average Bonchev–Trinajstić information content (AvgIpc) is 3.52. The molecule has 210 valence electrons. The van der Waals surface area contributed by atoms with Gasteiger partial charge in [-0.25, -0.2) is 4.98 Å². The third-order valence-corrected chi connectivity index (χ3v) is 8.95. The van der Waals surface area contributed by atoms with Gasteiger partial charge in [0.1, 0.15) is 11.9 Å². The Labute approximate surface area is 232 Å². The van der Waals surface area contributed by atoms with Gasteiger partial charge in [0.2, 0.25) is 5.91 Å². The van der Waals surface area contributed by atoms with Crippen molar-refractivity contribution in [2.24, 2.45) is 5.41 Å². The van der Waals surface area contributed by atoms with Crippen LogP contribution in [-0.4, -0.2) is 73.5 Å². The van der Waals surface area contributed by atoms with Crippen molar-refractivity contribution in [3.63, 3.8) is 0 Å². The van der Waals surface area contributed by atoms with Crippen LogP contribution in [0, 0.1) is 5.41 Å². The zero-order chi connectivity index (χ0) is 27.4. The molecular weight excluding hydrogens is 510 g/mol. The molecule has 2 saturated carbocycles. The van der Waals surface area contributed by atoms with Gasteiger partial charge in [-0.15, -0.1) is 0 Å². The zero-order valence-electron chi connectivity index (χ0n) is 22.7. The third kappa shape index (κ3) is 4.38. The molecule has 7 rings (SSSR count). The second-order valence-electron chi connectivity index (χ2n) is 11.6. The van der Waals surface area contributed by atoms with E-state index in [0.29, 0.717) is 28.8 Å². The molecule has 0 bridgehead atoms. The normalized spacial score (nSPS) is 22.3. The van der Waals surface area contributed by atoms with E-state index < -0.39 is 0 Å². The molecule has 4 aromatic rings. The smallest absolute Gasteiger partial charge is 0.260 e. The number of ether oxygens (including phenoxy) is 2. The number of imidazole rings is 1. The Balaban J connectivity index is 0.00000302. The standard InChI is InChI=1S/C29H33N7O4.H2/c1-18(37)34-16-29(17-34)7-5-20(6-8-29)35-15-19-10-23(25(13-24(19)33-35)40-22-11-21(12-22)39-2)28(38)32-27-14-30-26-4-3-9-31-36(26)27;/h3-4,9-10,13-15,20-22H,5-8,11-12,16-17H2,1-2H3,(H,32,38);1H. The number of benzene rings is 1. The summed E-state index contributed by atoms with van der Waals surface area (Å²) in [6.07, 6.45) is 11.3. The molecule has 3 aliphatic rings. The number of aromatic nitrogens is 5. The number of methoxy groups -OCH3 is 1. The molecule has 11 nitrogen and oxygen atoms in total. The Morgan fingerprint density at radius 3 is 2.70 bits per heavy atom. The van der Waals surface area contributed by atoms with Gasteiger partial charge in [0.25, 0.3) is 5.91 Å². The molecule has 4 heterocycles. The Kier molecular flexibility index (Phi) is 5.99. The number of hydrogen-bond acceptors (Lipinski definition) is 7. The molecular formula is C29H35N7O4. The second kappa shape index (κ2) is 9.58. The van der Waals surface area contributed by atoms with E-state index in [2.05, 4.69) is 20.1 Å². The van der Waals surface area contributed by atoms with Crippen LogP contribution in [0.4, 0.5) is 5.82 Å². The summed E-state index contributed by atoms with van der Waals surface area (Å²) in [5.41, 5.74) is 2.17. The van der Waals surface area contributed by atoms with Gasteiger partial charge in [-0.2, -0.15) is 14.7 Å². The summed E-state index contributed by atoms with van der Waals surface area (Å²) >= 11 is 0. The van der Waals surface area contributed by atoms with Crippen LogP contribution in [0.15, 0.2) is 42.9 Å². The van der Waals surface area contributed by atoms with Gasteiger partial charge >= 0.3 is 0 Å². The van der Waals surface area contributed by atoms with E-state index in [1.165, 1.54) is 0 Å². The largest absolute Gasteiger partial charge is 0.489 e. The van der Waals surface area contributed by atoms with Crippen LogP contribution in [0.25, 0.3) is 16.6 Å². The minimum Gasteiger partial charge on any atom is -0.489 e. The lowest BCUT2D eigenvalue weighted by Gasteiger charge is -2.53. The quantitative estimate of drug-likeness (QED) is 0.388. The summed E-state index contributed by atoms with van der Waals surface area (Å²) in [6, 6.07) is 7.68. The summed E-state index contributed by atoms with van der Waals surface area (Å²) < 4.78 is 15.4. The SMILES string of the molecule is COC1CC(Oc2cc3nn(C4CCC5(CC4)CN(C(C)=O)C5)cc3cc2C(=O)Nc2cnc3cccnn23)C1.[HH]. The molecule has 3 aromatic heterocycles. The van der Waals surface area contributed by atoms with Crippen LogP contribution in [0.2, 0.25) is 0 Å². The number of amides is 2. The highest BCUT2D eigenvalue weighted by atomic mass is 16.5. The van der Waals surface area contributed by atoms with E-state index in [1.807, 2.05) is 29.3 Å². The lowest BCUT2D eigenvalue weighted by atomic mass is 9.67. The number of nitrogens with one attached hydrogen (secondary N) is 1. The highest BCUT2D eigenvalue weighted by Crippen LogP contribution is 2.47. The maximum atomic E-state index is 13.6. The van der Waals surface area contributed by atoms with Gasteiger partial charge in [0.15, 0.2) is 11.5 Å². The van der Waals surface area contributed by atoms with E-state index in [0.717, 1.165) is 62.5 Å². The number of fused-ring (bicyclic) bond motifs is 2. The molecule has 0 atom stereocenters. The molecule has 1 aliphatic heterocycles. The highest BCUT2D eigenvalue weighted by molar-refractivity contribution is 6.08. The minimum absolute atomic E-state index is 0. The Morgan fingerprint density at radius 2 is 1.95 bits per heavy atom. The Bertz CT molecular complexity index is 1600.